The highest BCUT2D eigenvalue weighted by Gasteiger charge is 2.24. The Morgan fingerprint density at radius 1 is 0.800 bits per heavy atom. The van der Waals surface area contributed by atoms with Crippen molar-refractivity contribution in [2.45, 2.75) is 13.0 Å². The second-order valence-electron chi connectivity index (χ2n) is 6.69. The summed E-state index contributed by atoms with van der Waals surface area (Å²) in [5.74, 6) is -1.29. The molecule has 1 unspecified atom stereocenters. The molecular weight excluding hydrogens is 380 g/mol. The number of esters is 1. The normalized spacial score (nSPS) is 11.3. The zero-order valence-electron chi connectivity index (χ0n) is 16.7. The Balaban J connectivity index is 1.81. The van der Waals surface area contributed by atoms with Gasteiger partial charge in [0.15, 0.2) is 6.04 Å². The third kappa shape index (κ3) is 4.91. The van der Waals surface area contributed by atoms with Gasteiger partial charge in [-0.1, -0.05) is 54.6 Å². The maximum absolute atomic E-state index is 12.8. The highest BCUT2D eigenvalue weighted by Crippen LogP contribution is 2.20. The molecule has 30 heavy (non-hydrogen) atoms. The van der Waals surface area contributed by atoms with Gasteiger partial charge in [0.25, 0.3) is 11.8 Å². The molecule has 3 aromatic carbocycles. The van der Waals surface area contributed by atoms with Gasteiger partial charge in [-0.2, -0.15) is 0 Å². The molecule has 6 nitrogen and oxygen atoms in total. The van der Waals surface area contributed by atoms with Gasteiger partial charge in [0.2, 0.25) is 0 Å². The van der Waals surface area contributed by atoms with Crippen LogP contribution in [0.25, 0.3) is 0 Å². The number of anilines is 1. The maximum atomic E-state index is 12.8. The predicted octanol–water partition coefficient (Wildman–Crippen LogP) is 3.89. The first-order valence-electron chi connectivity index (χ1n) is 9.40. The molecule has 2 N–H and O–H groups in total. The zero-order valence-corrected chi connectivity index (χ0v) is 16.7. The minimum atomic E-state index is -0.938. The van der Waals surface area contributed by atoms with Crippen LogP contribution >= 0.6 is 0 Å². The van der Waals surface area contributed by atoms with Gasteiger partial charge in [0, 0.05) is 16.8 Å². The SMILES string of the molecule is COC(=O)C(NC(=O)c1ccc(C)c(NC(=O)c2ccccc2)c1)c1ccccc1. The number of methoxy groups -OCH3 is 1. The van der Waals surface area contributed by atoms with Crippen LogP contribution in [0.3, 0.4) is 0 Å². The molecule has 0 spiro atoms. The summed E-state index contributed by atoms with van der Waals surface area (Å²) >= 11 is 0. The molecule has 2 amide bonds. The molecule has 0 aliphatic heterocycles. The first kappa shape index (κ1) is 20.8. The molecule has 0 aromatic heterocycles. The summed E-state index contributed by atoms with van der Waals surface area (Å²) in [5.41, 5.74) is 2.77. The van der Waals surface area contributed by atoms with Crippen LogP contribution in [0.4, 0.5) is 5.69 Å². The quantitative estimate of drug-likeness (QED) is 0.613. The van der Waals surface area contributed by atoms with E-state index in [1.54, 1.807) is 66.7 Å². The van der Waals surface area contributed by atoms with Gasteiger partial charge in [-0.3, -0.25) is 9.59 Å². The molecule has 6 heteroatoms. The Morgan fingerprint density at radius 2 is 1.43 bits per heavy atom. The van der Waals surface area contributed by atoms with Crippen LogP contribution in [0.1, 0.15) is 37.9 Å². The highest BCUT2D eigenvalue weighted by molar-refractivity contribution is 6.05. The Morgan fingerprint density at radius 3 is 2.07 bits per heavy atom. The number of ether oxygens (including phenoxy) is 1. The maximum Gasteiger partial charge on any atom is 0.333 e. The molecule has 1 atom stereocenters. The number of aryl methyl sites for hydroxylation is 1. The van der Waals surface area contributed by atoms with E-state index in [1.165, 1.54) is 7.11 Å². The number of carbonyl (C=O) groups excluding carboxylic acids is 3. The van der Waals surface area contributed by atoms with Crippen molar-refractivity contribution in [1.29, 1.82) is 0 Å². The second-order valence-corrected chi connectivity index (χ2v) is 6.69. The number of nitrogens with one attached hydrogen (secondary N) is 2. The molecule has 0 aliphatic carbocycles. The molecule has 0 fully saturated rings. The first-order chi connectivity index (χ1) is 14.5. The Labute approximate surface area is 174 Å². The Hall–Kier alpha value is -3.93. The lowest BCUT2D eigenvalue weighted by atomic mass is 10.1. The van der Waals surface area contributed by atoms with E-state index in [2.05, 4.69) is 10.6 Å². The van der Waals surface area contributed by atoms with E-state index in [1.807, 2.05) is 19.1 Å². The number of carbonyl (C=O) groups is 3. The van der Waals surface area contributed by atoms with Gasteiger partial charge in [0.1, 0.15) is 0 Å². The summed E-state index contributed by atoms with van der Waals surface area (Å²) in [5, 5.41) is 5.54. The van der Waals surface area contributed by atoms with E-state index in [0.29, 0.717) is 22.4 Å². The van der Waals surface area contributed by atoms with Crippen molar-refractivity contribution in [2.75, 3.05) is 12.4 Å². The number of hydrogen-bond donors (Lipinski definition) is 2. The molecule has 0 saturated carbocycles. The fraction of sp³-hybridized carbons (Fsp3) is 0.125. The third-order valence-electron chi connectivity index (χ3n) is 4.63. The van der Waals surface area contributed by atoms with E-state index in [9.17, 15) is 14.4 Å². The van der Waals surface area contributed by atoms with Gasteiger partial charge in [-0.15, -0.1) is 0 Å². The zero-order chi connectivity index (χ0) is 21.5. The summed E-state index contributed by atoms with van der Waals surface area (Å²) in [4.78, 5) is 37.5. The van der Waals surface area contributed by atoms with Gasteiger partial charge < -0.3 is 15.4 Å². The van der Waals surface area contributed by atoms with Crippen molar-refractivity contribution in [2.24, 2.45) is 0 Å². The fourth-order valence-corrected chi connectivity index (χ4v) is 2.94. The van der Waals surface area contributed by atoms with E-state index in [-0.39, 0.29) is 5.91 Å². The van der Waals surface area contributed by atoms with E-state index >= 15 is 0 Å². The number of hydrogen-bond acceptors (Lipinski definition) is 4. The van der Waals surface area contributed by atoms with Crippen molar-refractivity contribution >= 4 is 23.5 Å². The van der Waals surface area contributed by atoms with Crippen molar-refractivity contribution in [3.8, 4) is 0 Å². The van der Waals surface area contributed by atoms with E-state index in [4.69, 9.17) is 4.74 Å². The molecule has 152 valence electrons. The van der Waals surface area contributed by atoms with Crippen LogP contribution in [0, 0.1) is 6.92 Å². The largest absolute Gasteiger partial charge is 0.467 e. The molecule has 0 aliphatic rings. The van der Waals surface area contributed by atoms with E-state index in [0.717, 1.165) is 5.56 Å². The average Bonchev–Trinajstić information content (AvgIpc) is 2.79. The molecule has 0 bridgehead atoms. The standard InChI is InChI=1S/C24H22N2O4/c1-16-13-14-19(15-20(16)25-22(27)18-11-7-4-8-12-18)23(28)26-21(24(29)30-2)17-9-5-3-6-10-17/h3-15,21H,1-2H3,(H,25,27)(H,26,28). The highest BCUT2D eigenvalue weighted by atomic mass is 16.5. The molecule has 0 radical (unpaired) electrons. The van der Waals surface area contributed by atoms with Crippen molar-refractivity contribution in [1.82, 2.24) is 5.32 Å². The van der Waals surface area contributed by atoms with Gasteiger partial charge in [-0.05, 0) is 42.3 Å². The summed E-state index contributed by atoms with van der Waals surface area (Å²) in [6.45, 7) is 1.84. The lowest BCUT2D eigenvalue weighted by Crippen LogP contribution is -2.34. The fourth-order valence-electron chi connectivity index (χ4n) is 2.94. The number of amides is 2. The van der Waals surface area contributed by atoms with Gasteiger partial charge >= 0.3 is 5.97 Å². The predicted molar refractivity (Wildman–Crippen MR) is 114 cm³/mol. The molecule has 0 heterocycles. The van der Waals surface area contributed by atoms with Gasteiger partial charge in [-0.25, -0.2) is 4.79 Å². The van der Waals surface area contributed by atoms with Crippen LogP contribution in [0.15, 0.2) is 78.9 Å². The lowest BCUT2D eigenvalue weighted by Gasteiger charge is -2.17. The van der Waals surface area contributed by atoms with Crippen LogP contribution < -0.4 is 10.6 Å². The summed E-state index contributed by atoms with van der Waals surface area (Å²) in [6.07, 6.45) is 0. The molecular formula is C24H22N2O4. The van der Waals surface area contributed by atoms with Crippen LogP contribution in [-0.2, 0) is 9.53 Å². The number of benzene rings is 3. The number of rotatable bonds is 6. The molecule has 3 rings (SSSR count). The minimum Gasteiger partial charge on any atom is -0.467 e. The summed E-state index contributed by atoms with van der Waals surface area (Å²) in [7, 11) is 1.27. The van der Waals surface area contributed by atoms with Crippen molar-refractivity contribution in [3.05, 3.63) is 101 Å². The lowest BCUT2D eigenvalue weighted by molar-refractivity contribution is -0.143. The molecule has 3 aromatic rings. The van der Waals surface area contributed by atoms with Gasteiger partial charge in [0.05, 0.1) is 7.11 Å². The summed E-state index contributed by atoms with van der Waals surface area (Å²) < 4.78 is 4.84. The van der Waals surface area contributed by atoms with Crippen LogP contribution in [0.5, 0.6) is 0 Å². The summed E-state index contributed by atoms with van der Waals surface area (Å²) in [6, 6.07) is 21.7. The monoisotopic (exact) mass is 402 g/mol. The average molecular weight is 402 g/mol. The Kier molecular flexibility index (Phi) is 6.60. The van der Waals surface area contributed by atoms with Crippen molar-refractivity contribution in [3.63, 3.8) is 0 Å². The smallest absolute Gasteiger partial charge is 0.333 e. The topological polar surface area (TPSA) is 84.5 Å². The van der Waals surface area contributed by atoms with Crippen molar-refractivity contribution < 1.29 is 19.1 Å². The second kappa shape index (κ2) is 9.52. The van der Waals surface area contributed by atoms with Crippen LogP contribution in [-0.4, -0.2) is 24.9 Å². The minimum absolute atomic E-state index is 0.270. The first-order valence-corrected chi connectivity index (χ1v) is 9.40. The molecule has 0 saturated heterocycles. The van der Waals surface area contributed by atoms with Crippen LogP contribution in [0.2, 0.25) is 0 Å². The van der Waals surface area contributed by atoms with E-state index < -0.39 is 17.9 Å². The Bertz CT molecular complexity index is 1050. The third-order valence-corrected chi connectivity index (χ3v) is 4.63.